The molecule has 2 aromatic heterocycles. The summed E-state index contributed by atoms with van der Waals surface area (Å²) >= 11 is 0. The van der Waals surface area contributed by atoms with Crippen LogP contribution in [0.15, 0.2) is 30.5 Å². The maximum absolute atomic E-state index is 11.8. The molecule has 0 atom stereocenters. The molecule has 0 unspecified atom stereocenters. The standard InChI is InChI=1S/C12H14N6O/c1-2-7-13-10-6-5-9(16-18-10)12(19)15-11-4-3-8-14-17-11/h3-6,8H,2,7H2,1H3,(H,13,18)(H,15,17,19). The van der Waals surface area contributed by atoms with Crippen molar-refractivity contribution in [1.29, 1.82) is 0 Å². The monoisotopic (exact) mass is 258 g/mol. The third kappa shape index (κ3) is 3.70. The van der Waals surface area contributed by atoms with Crippen LogP contribution in [-0.2, 0) is 0 Å². The van der Waals surface area contributed by atoms with Crippen LogP contribution in [0.3, 0.4) is 0 Å². The average Bonchev–Trinajstić information content (AvgIpc) is 2.46. The van der Waals surface area contributed by atoms with E-state index in [9.17, 15) is 4.79 Å². The molecule has 0 aliphatic carbocycles. The normalized spacial score (nSPS) is 9.95. The second-order valence-electron chi connectivity index (χ2n) is 3.79. The molecule has 0 bridgehead atoms. The van der Waals surface area contributed by atoms with Crippen molar-refractivity contribution in [3.8, 4) is 0 Å². The predicted molar refractivity (Wildman–Crippen MR) is 70.8 cm³/mol. The summed E-state index contributed by atoms with van der Waals surface area (Å²) in [5, 5.41) is 20.9. The summed E-state index contributed by atoms with van der Waals surface area (Å²) in [5.41, 5.74) is 0.229. The number of anilines is 2. The summed E-state index contributed by atoms with van der Waals surface area (Å²) in [6.45, 7) is 2.88. The van der Waals surface area contributed by atoms with Crippen molar-refractivity contribution in [3.63, 3.8) is 0 Å². The summed E-state index contributed by atoms with van der Waals surface area (Å²) in [7, 11) is 0. The molecule has 2 rings (SSSR count). The van der Waals surface area contributed by atoms with E-state index in [1.807, 2.05) is 0 Å². The first kappa shape index (κ1) is 12.9. The van der Waals surface area contributed by atoms with Crippen molar-refractivity contribution >= 4 is 17.5 Å². The van der Waals surface area contributed by atoms with Gasteiger partial charge in [0.25, 0.3) is 5.91 Å². The molecule has 2 N–H and O–H groups in total. The molecule has 0 saturated carbocycles. The maximum atomic E-state index is 11.8. The molecule has 98 valence electrons. The number of carbonyl (C=O) groups is 1. The number of carbonyl (C=O) groups excluding carboxylic acids is 1. The fourth-order valence-corrected chi connectivity index (χ4v) is 1.35. The zero-order valence-electron chi connectivity index (χ0n) is 10.5. The Morgan fingerprint density at radius 3 is 2.68 bits per heavy atom. The van der Waals surface area contributed by atoms with Gasteiger partial charge in [0.2, 0.25) is 0 Å². The molecule has 2 heterocycles. The van der Waals surface area contributed by atoms with Gasteiger partial charge in [-0.1, -0.05) is 6.92 Å². The van der Waals surface area contributed by atoms with Crippen molar-refractivity contribution in [2.75, 3.05) is 17.2 Å². The first-order chi connectivity index (χ1) is 9.29. The molecule has 0 aliphatic heterocycles. The third-order valence-electron chi connectivity index (χ3n) is 2.27. The Kier molecular flexibility index (Phi) is 4.33. The van der Waals surface area contributed by atoms with Crippen LogP contribution in [0.25, 0.3) is 0 Å². The zero-order chi connectivity index (χ0) is 13.5. The number of hydrogen-bond acceptors (Lipinski definition) is 6. The van der Waals surface area contributed by atoms with Gasteiger partial charge >= 0.3 is 0 Å². The van der Waals surface area contributed by atoms with Gasteiger partial charge in [0.1, 0.15) is 5.82 Å². The van der Waals surface area contributed by atoms with Crippen molar-refractivity contribution in [1.82, 2.24) is 20.4 Å². The van der Waals surface area contributed by atoms with Crippen molar-refractivity contribution in [3.05, 3.63) is 36.2 Å². The lowest BCUT2D eigenvalue weighted by Gasteiger charge is -2.04. The lowest BCUT2D eigenvalue weighted by atomic mass is 10.3. The molecule has 0 spiro atoms. The van der Waals surface area contributed by atoms with E-state index >= 15 is 0 Å². The first-order valence-corrected chi connectivity index (χ1v) is 5.96. The van der Waals surface area contributed by atoms with Gasteiger partial charge in [0, 0.05) is 12.7 Å². The molecule has 0 radical (unpaired) electrons. The first-order valence-electron chi connectivity index (χ1n) is 5.96. The Bertz CT molecular complexity index is 528. The Labute approximate surface area is 110 Å². The van der Waals surface area contributed by atoms with Gasteiger partial charge in [-0.05, 0) is 30.7 Å². The molecule has 19 heavy (non-hydrogen) atoms. The maximum Gasteiger partial charge on any atom is 0.277 e. The lowest BCUT2D eigenvalue weighted by molar-refractivity contribution is 0.102. The molecule has 7 nitrogen and oxygen atoms in total. The van der Waals surface area contributed by atoms with E-state index in [0.29, 0.717) is 11.6 Å². The molecule has 1 amide bonds. The van der Waals surface area contributed by atoms with Crippen LogP contribution in [0.4, 0.5) is 11.6 Å². The Morgan fingerprint density at radius 1 is 1.16 bits per heavy atom. The number of hydrogen-bond donors (Lipinski definition) is 2. The van der Waals surface area contributed by atoms with Gasteiger partial charge in [0.15, 0.2) is 11.5 Å². The van der Waals surface area contributed by atoms with Gasteiger partial charge < -0.3 is 10.6 Å². The summed E-state index contributed by atoms with van der Waals surface area (Å²) in [6.07, 6.45) is 2.53. The highest BCUT2D eigenvalue weighted by Crippen LogP contribution is 2.05. The summed E-state index contributed by atoms with van der Waals surface area (Å²) in [6, 6.07) is 6.66. The van der Waals surface area contributed by atoms with Gasteiger partial charge in [-0.15, -0.1) is 15.3 Å². The molecule has 7 heteroatoms. The van der Waals surface area contributed by atoms with E-state index in [-0.39, 0.29) is 11.6 Å². The van der Waals surface area contributed by atoms with Crippen molar-refractivity contribution in [2.24, 2.45) is 0 Å². The molecule has 0 aromatic carbocycles. The van der Waals surface area contributed by atoms with Crippen LogP contribution < -0.4 is 10.6 Å². The van der Waals surface area contributed by atoms with E-state index in [4.69, 9.17) is 0 Å². The number of aromatic nitrogens is 4. The summed E-state index contributed by atoms with van der Waals surface area (Å²) < 4.78 is 0. The molecule has 0 saturated heterocycles. The minimum absolute atomic E-state index is 0.229. The summed E-state index contributed by atoms with van der Waals surface area (Å²) in [4.78, 5) is 11.8. The average molecular weight is 258 g/mol. The van der Waals surface area contributed by atoms with Crippen molar-refractivity contribution < 1.29 is 4.79 Å². The van der Waals surface area contributed by atoms with E-state index in [2.05, 4.69) is 38.0 Å². The topological polar surface area (TPSA) is 92.7 Å². The fourth-order valence-electron chi connectivity index (χ4n) is 1.35. The summed E-state index contributed by atoms with van der Waals surface area (Å²) in [5.74, 6) is 0.662. The minimum atomic E-state index is -0.366. The van der Waals surface area contributed by atoms with Gasteiger partial charge in [-0.3, -0.25) is 4.79 Å². The zero-order valence-corrected chi connectivity index (χ0v) is 10.5. The van der Waals surface area contributed by atoms with Crippen LogP contribution in [0.5, 0.6) is 0 Å². The van der Waals surface area contributed by atoms with E-state index in [1.54, 1.807) is 24.3 Å². The highest BCUT2D eigenvalue weighted by molar-refractivity contribution is 6.02. The van der Waals surface area contributed by atoms with Crippen LogP contribution in [0.2, 0.25) is 0 Å². The number of amides is 1. The third-order valence-corrected chi connectivity index (χ3v) is 2.27. The Hall–Kier alpha value is -2.57. The SMILES string of the molecule is CCCNc1ccc(C(=O)Nc2cccnn2)nn1. The van der Waals surface area contributed by atoms with Gasteiger partial charge in [-0.2, -0.15) is 5.10 Å². The molecule has 0 fully saturated rings. The van der Waals surface area contributed by atoms with Crippen LogP contribution in [-0.4, -0.2) is 32.8 Å². The Morgan fingerprint density at radius 2 is 2.05 bits per heavy atom. The largest absolute Gasteiger partial charge is 0.369 e. The number of nitrogens with zero attached hydrogens (tertiary/aromatic N) is 4. The van der Waals surface area contributed by atoms with E-state index < -0.39 is 0 Å². The van der Waals surface area contributed by atoms with Crippen LogP contribution >= 0.6 is 0 Å². The predicted octanol–water partition coefficient (Wildman–Crippen LogP) is 1.34. The van der Waals surface area contributed by atoms with Gasteiger partial charge in [0.05, 0.1) is 0 Å². The fraction of sp³-hybridized carbons (Fsp3) is 0.250. The molecular weight excluding hydrogens is 244 g/mol. The highest BCUT2D eigenvalue weighted by atomic mass is 16.2. The van der Waals surface area contributed by atoms with E-state index in [1.165, 1.54) is 6.20 Å². The molecule has 2 aromatic rings. The van der Waals surface area contributed by atoms with Crippen LogP contribution in [0.1, 0.15) is 23.8 Å². The molecule has 0 aliphatic rings. The minimum Gasteiger partial charge on any atom is -0.369 e. The van der Waals surface area contributed by atoms with Crippen LogP contribution in [0, 0.1) is 0 Å². The second kappa shape index (κ2) is 6.39. The molecular formula is C12H14N6O. The lowest BCUT2D eigenvalue weighted by Crippen LogP contribution is -2.16. The smallest absolute Gasteiger partial charge is 0.277 e. The van der Waals surface area contributed by atoms with E-state index in [0.717, 1.165) is 13.0 Å². The number of rotatable bonds is 5. The quantitative estimate of drug-likeness (QED) is 0.840. The highest BCUT2D eigenvalue weighted by Gasteiger charge is 2.09. The second-order valence-corrected chi connectivity index (χ2v) is 3.79. The van der Waals surface area contributed by atoms with Gasteiger partial charge in [-0.25, -0.2) is 0 Å². The van der Waals surface area contributed by atoms with Crippen molar-refractivity contribution in [2.45, 2.75) is 13.3 Å². The number of nitrogens with one attached hydrogen (secondary N) is 2. The Balaban J connectivity index is 1.99.